The van der Waals surface area contributed by atoms with Gasteiger partial charge < -0.3 is 20.4 Å². The third kappa shape index (κ3) is 3.23. The van der Waals surface area contributed by atoms with E-state index in [1.807, 2.05) is 0 Å². The molecule has 0 bridgehead atoms. The first-order valence-electron chi connectivity index (χ1n) is 5.88. The molecular weight excluding hydrogens is 264 g/mol. The number of carbonyl (C=O) groups excluding carboxylic acids is 3. The maximum Gasteiger partial charge on any atom is 0.326 e. The Balaban J connectivity index is 1.93. The van der Waals surface area contributed by atoms with Gasteiger partial charge in [0.15, 0.2) is 0 Å². The summed E-state index contributed by atoms with van der Waals surface area (Å²) in [7, 11) is 1.44. The third-order valence-corrected chi connectivity index (χ3v) is 2.68. The highest BCUT2D eigenvalue weighted by atomic mass is 16.5. The van der Waals surface area contributed by atoms with Crippen molar-refractivity contribution < 1.29 is 19.1 Å². The molecule has 8 heteroatoms. The molecule has 0 radical (unpaired) electrons. The lowest BCUT2D eigenvalue weighted by molar-refractivity contribution is -0.115. The summed E-state index contributed by atoms with van der Waals surface area (Å²) in [6.45, 7) is 0.168. The van der Waals surface area contributed by atoms with Crippen molar-refractivity contribution in [2.24, 2.45) is 0 Å². The van der Waals surface area contributed by atoms with E-state index in [4.69, 9.17) is 4.74 Å². The lowest BCUT2D eigenvalue weighted by Crippen LogP contribution is -2.33. The summed E-state index contributed by atoms with van der Waals surface area (Å²) >= 11 is 0. The van der Waals surface area contributed by atoms with Crippen molar-refractivity contribution in [1.29, 1.82) is 0 Å². The van der Waals surface area contributed by atoms with Gasteiger partial charge in [0.2, 0.25) is 0 Å². The summed E-state index contributed by atoms with van der Waals surface area (Å²) in [6.07, 6.45) is 2.55. The lowest BCUT2D eigenvalue weighted by Gasteiger charge is -2.12. The molecule has 106 valence electrons. The maximum atomic E-state index is 11.7. The molecule has 1 unspecified atom stereocenters. The number of hydrogen-bond donors (Lipinski definition) is 4. The highest BCUT2D eigenvalue weighted by Gasteiger charge is 2.24. The molecule has 2 heterocycles. The zero-order chi connectivity index (χ0) is 14.5. The topological polar surface area (TPSA) is 112 Å². The number of urea groups is 1. The van der Waals surface area contributed by atoms with Crippen LogP contribution in [0.4, 0.5) is 4.79 Å². The van der Waals surface area contributed by atoms with Gasteiger partial charge >= 0.3 is 6.03 Å². The van der Waals surface area contributed by atoms with Gasteiger partial charge in [-0.05, 0) is 18.2 Å². The minimum absolute atomic E-state index is 0.107. The van der Waals surface area contributed by atoms with Gasteiger partial charge in [0.05, 0.1) is 6.10 Å². The smallest absolute Gasteiger partial charge is 0.326 e. The van der Waals surface area contributed by atoms with Crippen LogP contribution in [-0.2, 0) is 9.53 Å². The summed E-state index contributed by atoms with van der Waals surface area (Å²) in [5.41, 5.74) is 0.537. The van der Waals surface area contributed by atoms with E-state index in [2.05, 4.69) is 20.9 Å². The number of hydrogen-bond acceptors (Lipinski definition) is 4. The second kappa shape index (κ2) is 6.02. The molecule has 1 fully saturated rings. The van der Waals surface area contributed by atoms with Crippen LogP contribution in [0.25, 0.3) is 0 Å². The minimum atomic E-state index is -0.577. The molecule has 8 nitrogen and oxygen atoms in total. The molecule has 0 aromatic carbocycles. The molecule has 4 amide bonds. The number of H-pyrrole nitrogens is 1. The molecule has 0 saturated carbocycles. The molecule has 20 heavy (non-hydrogen) atoms. The average molecular weight is 278 g/mol. The van der Waals surface area contributed by atoms with Crippen molar-refractivity contribution >= 4 is 17.8 Å². The highest BCUT2D eigenvalue weighted by molar-refractivity contribution is 6.11. The molecule has 0 aliphatic carbocycles. The van der Waals surface area contributed by atoms with E-state index >= 15 is 0 Å². The molecular formula is C12H14N4O4. The SMILES string of the molecule is COC(C=C1NC(=O)NC1=O)CNC(=O)c1ccc[nH]1. The Hall–Kier alpha value is -2.61. The molecule has 4 N–H and O–H groups in total. The first-order valence-corrected chi connectivity index (χ1v) is 5.88. The fourth-order valence-electron chi connectivity index (χ4n) is 1.65. The van der Waals surface area contributed by atoms with Crippen LogP contribution in [0.15, 0.2) is 30.1 Å². The normalized spacial score (nSPS) is 17.8. The van der Waals surface area contributed by atoms with Crippen molar-refractivity contribution in [3.8, 4) is 0 Å². The fourth-order valence-corrected chi connectivity index (χ4v) is 1.65. The largest absolute Gasteiger partial charge is 0.375 e. The Kier molecular flexibility index (Phi) is 4.16. The van der Waals surface area contributed by atoms with Crippen LogP contribution in [0, 0.1) is 0 Å². The van der Waals surface area contributed by atoms with Crippen LogP contribution in [0.5, 0.6) is 0 Å². The Morgan fingerprint density at radius 1 is 1.45 bits per heavy atom. The van der Waals surface area contributed by atoms with Gasteiger partial charge in [-0.15, -0.1) is 0 Å². The van der Waals surface area contributed by atoms with Crippen molar-refractivity contribution in [3.63, 3.8) is 0 Å². The van der Waals surface area contributed by atoms with Crippen molar-refractivity contribution in [1.82, 2.24) is 20.9 Å². The highest BCUT2D eigenvalue weighted by Crippen LogP contribution is 2.02. The van der Waals surface area contributed by atoms with Gasteiger partial charge in [0, 0.05) is 19.9 Å². The van der Waals surface area contributed by atoms with Crippen LogP contribution in [0.3, 0.4) is 0 Å². The maximum absolute atomic E-state index is 11.7. The van der Waals surface area contributed by atoms with Crippen molar-refractivity contribution in [2.75, 3.05) is 13.7 Å². The number of methoxy groups -OCH3 is 1. The van der Waals surface area contributed by atoms with E-state index in [0.29, 0.717) is 5.69 Å². The Morgan fingerprint density at radius 2 is 2.25 bits per heavy atom. The number of rotatable bonds is 5. The van der Waals surface area contributed by atoms with Crippen LogP contribution < -0.4 is 16.0 Å². The molecule has 1 atom stereocenters. The van der Waals surface area contributed by atoms with Gasteiger partial charge in [-0.25, -0.2) is 4.79 Å². The van der Waals surface area contributed by atoms with Gasteiger partial charge in [-0.3, -0.25) is 14.9 Å². The molecule has 2 rings (SSSR count). The second-order valence-electron chi connectivity index (χ2n) is 4.06. The van der Waals surface area contributed by atoms with Crippen LogP contribution in [-0.4, -0.2) is 42.6 Å². The predicted molar refractivity (Wildman–Crippen MR) is 68.7 cm³/mol. The number of aromatic amines is 1. The summed E-state index contributed by atoms with van der Waals surface area (Å²) in [4.78, 5) is 36.8. The van der Waals surface area contributed by atoms with Crippen LogP contribution in [0.2, 0.25) is 0 Å². The van der Waals surface area contributed by atoms with E-state index in [0.717, 1.165) is 0 Å². The van der Waals surface area contributed by atoms with Crippen LogP contribution in [0.1, 0.15) is 10.5 Å². The van der Waals surface area contributed by atoms with E-state index < -0.39 is 18.0 Å². The quantitative estimate of drug-likeness (QED) is 0.429. The standard InChI is InChI=1S/C12H14N4O4/c1-20-7(5-9-11(18)16-12(19)15-9)6-14-10(17)8-3-2-4-13-8/h2-5,7,13H,6H2,1H3,(H,14,17)(H2,15,16,18,19). The lowest BCUT2D eigenvalue weighted by atomic mass is 10.2. The second-order valence-corrected chi connectivity index (χ2v) is 4.06. The first kappa shape index (κ1) is 13.8. The molecule has 1 saturated heterocycles. The summed E-state index contributed by atoms with van der Waals surface area (Å²) in [5.74, 6) is -0.803. The van der Waals surface area contributed by atoms with Crippen LogP contribution >= 0.6 is 0 Å². The molecule has 1 aromatic rings. The van der Waals surface area contributed by atoms with E-state index in [1.54, 1.807) is 18.3 Å². The summed E-state index contributed by atoms with van der Waals surface area (Å²) in [6, 6.07) is 2.77. The van der Waals surface area contributed by atoms with Crippen molar-refractivity contribution in [2.45, 2.75) is 6.10 Å². The zero-order valence-corrected chi connectivity index (χ0v) is 10.7. The monoisotopic (exact) mass is 278 g/mol. The number of ether oxygens (including phenoxy) is 1. The number of amides is 4. The van der Waals surface area contributed by atoms with E-state index in [-0.39, 0.29) is 18.1 Å². The number of imide groups is 1. The van der Waals surface area contributed by atoms with Gasteiger partial charge in [0.1, 0.15) is 11.4 Å². The number of nitrogens with one attached hydrogen (secondary N) is 4. The Labute approximate surface area is 114 Å². The first-order chi connectivity index (χ1) is 9.60. The van der Waals surface area contributed by atoms with Gasteiger partial charge in [-0.1, -0.05) is 0 Å². The Morgan fingerprint density at radius 3 is 2.80 bits per heavy atom. The minimum Gasteiger partial charge on any atom is -0.375 e. The Bertz CT molecular complexity index is 550. The molecule has 1 aromatic heterocycles. The zero-order valence-electron chi connectivity index (χ0n) is 10.7. The van der Waals surface area contributed by atoms with Gasteiger partial charge in [0.25, 0.3) is 11.8 Å². The molecule has 1 aliphatic rings. The summed E-state index contributed by atoms with van der Waals surface area (Å²) in [5, 5.41) is 7.08. The third-order valence-electron chi connectivity index (χ3n) is 2.68. The number of aromatic nitrogens is 1. The van der Waals surface area contributed by atoms with E-state index in [1.165, 1.54) is 13.2 Å². The molecule has 1 aliphatic heterocycles. The molecule has 0 spiro atoms. The summed E-state index contributed by atoms with van der Waals surface area (Å²) < 4.78 is 5.13. The van der Waals surface area contributed by atoms with Gasteiger partial charge in [-0.2, -0.15) is 0 Å². The predicted octanol–water partition coefficient (Wildman–Crippen LogP) is -0.517. The van der Waals surface area contributed by atoms with Crippen molar-refractivity contribution in [3.05, 3.63) is 35.8 Å². The number of carbonyl (C=O) groups is 3. The average Bonchev–Trinajstić information content (AvgIpc) is 3.04. The van der Waals surface area contributed by atoms with E-state index in [9.17, 15) is 14.4 Å². The fraction of sp³-hybridized carbons (Fsp3) is 0.250.